The first kappa shape index (κ1) is 41.4. The molecule has 0 heterocycles. The van der Waals surface area contributed by atoms with Crippen LogP contribution in [0.2, 0.25) is 0 Å². The molecule has 0 aliphatic heterocycles. The van der Waals surface area contributed by atoms with Gasteiger partial charge in [0.2, 0.25) is 0 Å². The smallest absolute Gasteiger partial charge is 0.000117 e. The lowest BCUT2D eigenvalue weighted by molar-refractivity contribution is 1.34. The van der Waals surface area contributed by atoms with Gasteiger partial charge in [0.25, 0.3) is 0 Å². The number of hydrogen-bond acceptors (Lipinski definition) is 0. The third-order valence-electron chi connectivity index (χ3n) is 14.7. The maximum Gasteiger partial charge on any atom is -0.000117 e. The lowest BCUT2D eigenvalue weighted by Gasteiger charge is -2.24. The summed E-state index contributed by atoms with van der Waals surface area (Å²) < 4.78 is 0. The quantitative estimate of drug-likeness (QED) is 0.143. The Morgan fingerprint density at radius 1 is 0.200 bits per heavy atom. The summed E-state index contributed by atoms with van der Waals surface area (Å²) in [7, 11) is 0. The second-order valence-electron chi connectivity index (χ2n) is 18.7. The van der Waals surface area contributed by atoms with Crippen LogP contribution in [0.1, 0.15) is 44.5 Å². The molecule has 0 N–H and O–H groups in total. The maximum absolute atomic E-state index is 2.46. The van der Waals surface area contributed by atoms with Crippen molar-refractivity contribution in [2.45, 2.75) is 13.8 Å². The van der Waals surface area contributed by atoms with Crippen molar-refractivity contribution in [3.63, 3.8) is 0 Å². The number of benzene rings is 11. The van der Waals surface area contributed by atoms with Gasteiger partial charge in [-0.2, -0.15) is 0 Å². The fraction of sp³-hybridized carbons (Fsp3) is 0.0286. The van der Waals surface area contributed by atoms with Gasteiger partial charge in [0.15, 0.2) is 0 Å². The van der Waals surface area contributed by atoms with E-state index in [4.69, 9.17) is 0 Å². The van der Waals surface area contributed by atoms with Crippen LogP contribution in [0.25, 0.3) is 93.9 Å². The van der Waals surface area contributed by atoms with Crippen LogP contribution in [0.3, 0.4) is 0 Å². The standard InChI is InChI=1S/C70H48/c1-45-61(50-26-13-5-14-27-50)62(51-28-15-6-16-29-51)46(2)64-63(45)67(56-39-37-48-36-38-54(42-58(48)44-56)47-22-9-3-10-23-47)70-66(53-32-19-8-20-33-53)65(52-30-17-7-18-31-52)68(69(64)70)57-40-41-60-55(43-57)34-21-35-59(60)49-24-11-4-12-25-49/h3-44H,1-2H3. The minimum Gasteiger partial charge on any atom is -0.0622 e. The zero-order chi connectivity index (χ0) is 46.7. The molecule has 0 spiro atoms. The Labute approximate surface area is 410 Å². The molecular weight excluding hydrogens is 841 g/mol. The molecule has 0 atom stereocenters. The number of fused-ring (bicyclic) bond motifs is 5. The first-order chi connectivity index (χ1) is 34.6. The molecule has 0 heteroatoms. The molecule has 0 amide bonds. The molecule has 328 valence electrons. The van der Waals surface area contributed by atoms with E-state index in [1.165, 1.54) is 144 Å². The molecule has 13 rings (SSSR count). The van der Waals surface area contributed by atoms with Gasteiger partial charge in [-0.25, -0.2) is 0 Å². The molecule has 0 saturated carbocycles. The third kappa shape index (κ3) is 6.75. The fourth-order valence-corrected chi connectivity index (χ4v) is 11.7. The van der Waals surface area contributed by atoms with E-state index in [9.17, 15) is 0 Å². The summed E-state index contributed by atoms with van der Waals surface area (Å²) >= 11 is 0. The van der Waals surface area contributed by atoms with Crippen LogP contribution in [0.4, 0.5) is 0 Å². The van der Waals surface area contributed by atoms with Crippen molar-refractivity contribution in [3.05, 3.63) is 305 Å². The summed E-state index contributed by atoms with van der Waals surface area (Å²) in [5.74, 6) is 0. The van der Waals surface area contributed by atoms with Gasteiger partial charge in [0.1, 0.15) is 0 Å². The van der Waals surface area contributed by atoms with Crippen molar-refractivity contribution >= 4 is 49.4 Å². The van der Waals surface area contributed by atoms with Crippen LogP contribution < -0.4 is 0 Å². The molecule has 0 saturated heterocycles. The van der Waals surface area contributed by atoms with Gasteiger partial charge in [-0.15, -0.1) is 0 Å². The largest absolute Gasteiger partial charge is 0.0622 e. The van der Waals surface area contributed by atoms with Gasteiger partial charge in [-0.05, 0) is 176 Å². The van der Waals surface area contributed by atoms with E-state index in [0.717, 1.165) is 0 Å². The average molecular weight is 889 g/mol. The molecule has 0 unspecified atom stereocenters. The Balaban J connectivity index is 1.20. The van der Waals surface area contributed by atoms with Crippen LogP contribution in [0.5, 0.6) is 0 Å². The van der Waals surface area contributed by atoms with Gasteiger partial charge < -0.3 is 0 Å². The van der Waals surface area contributed by atoms with Gasteiger partial charge in [0, 0.05) is 0 Å². The first-order valence-corrected chi connectivity index (χ1v) is 24.4. The summed E-state index contributed by atoms with van der Waals surface area (Å²) in [4.78, 5) is 0. The second kappa shape index (κ2) is 17.0. The van der Waals surface area contributed by atoms with Gasteiger partial charge >= 0.3 is 0 Å². The van der Waals surface area contributed by atoms with Crippen molar-refractivity contribution < 1.29 is 0 Å². The fourth-order valence-electron chi connectivity index (χ4n) is 11.7. The Hall–Kier alpha value is -8.84. The third-order valence-corrected chi connectivity index (χ3v) is 14.7. The molecule has 70 heavy (non-hydrogen) atoms. The SMILES string of the molecule is Cc1c2c(c(C)c(-c3ccccc3)c1-c1ccccc1)C(c1ccc3ccc(-c4ccccc4)cc3c1)=C1C(c3ccccc3)=C(c3ccccc3)C(c3ccc4c(-c5ccccc5)cccc4c3)=C12. The normalized spacial score (nSPS) is 13.1. The van der Waals surface area contributed by atoms with Gasteiger partial charge in [-0.1, -0.05) is 237 Å². The molecule has 0 radical (unpaired) electrons. The van der Waals surface area contributed by atoms with Crippen molar-refractivity contribution in [2.24, 2.45) is 0 Å². The zero-order valence-corrected chi connectivity index (χ0v) is 39.2. The van der Waals surface area contributed by atoms with Crippen molar-refractivity contribution in [2.75, 3.05) is 0 Å². The van der Waals surface area contributed by atoms with E-state index in [0.29, 0.717) is 0 Å². The predicted octanol–water partition coefficient (Wildman–Crippen LogP) is 18.6. The molecule has 0 fully saturated rings. The molecule has 0 nitrogen and oxygen atoms in total. The number of rotatable bonds is 8. The topological polar surface area (TPSA) is 0 Å². The molecule has 11 aromatic carbocycles. The summed E-state index contributed by atoms with van der Waals surface area (Å²) in [6.07, 6.45) is 0. The average Bonchev–Trinajstić information content (AvgIpc) is 3.96. The number of allylic oxidation sites excluding steroid dienone is 5. The van der Waals surface area contributed by atoms with Gasteiger partial charge in [0.05, 0.1) is 0 Å². The summed E-state index contributed by atoms with van der Waals surface area (Å²) in [5.41, 5.74) is 27.6. The lowest BCUT2D eigenvalue weighted by Crippen LogP contribution is -2.03. The Morgan fingerprint density at radius 3 is 1.16 bits per heavy atom. The zero-order valence-electron chi connectivity index (χ0n) is 39.2. The lowest BCUT2D eigenvalue weighted by atomic mass is 9.78. The van der Waals surface area contributed by atoms with Crippen LogP contribution in [-0.4, -0.2) is 0 Å². The highest BCUT2D eigenvalue weighted by molar-refractivity contribution is 6.40. The van der Waals surface area contributed by atoms with Crippen LogP contribution in [0.15, 0.2) is 260 Å². The Kier molecular flexibility index (Phi) is 10.1. The first-order valence-electron chi connectivity index (χ1n) is 24.4. The molecule has 2 aliphatic rings. The monoisotopic (exact) mass is 888 g/mol. The molecule has 0 bridgehead atoms. The molecular formula is C70H48. The minimum atomic E-state index is 1.20. The van der Waals surface area contributed by atoms with Crippen molar-refractivity contribution in [3.8, 4) is 44.5 Å². The van der Waals surface area contributed by atoms with Crippen LogP contribution in [-0.2, 0) is 0 Å². The van der Waals surface area contributed by atoms with E-state index in [1.54, 1.807) is 0 Å². The maximum atomic E-state index is 2.46. The van der Waals surface area contributed by atoms with E-state index in [-0.39, 0.29) is 0 Å². The highest BCUT2D eigenvalue weighted by Gasteiger charge is 2.43. The Bertz CT molecular complexity index is 3930. The molecule has 2 aliphatic carbocycles. The van der Waals surface area contributed by atoms with Crippen molar-refractivity contribution in [1.29, 1.82) is 0 Å². The number of hydrogen-bond donors (Lipinski definition) is 0. The summed E-state index contributed by atoms with van der Waals surface area (Å²) in [5, 5.41) is 4.91. The minimum absolute atomic E-state index is 1.20. The van der Waals surface area contributed by atoms with Crippen molar-refractivity contribution in [1.82, 2.24) is 0 Å². The predicted molar refractivity (Wildman–Crippen MR) is 298 cm³/mol. The van der Waals surface area contributed by atoms with E-state index < -0.39 is 0 Å². The van der Waals surface area contributed by atoms with E-state index in [1.807, 2.05) is 0 Å². The second-order valence-corrected chi connectivity index (χ2v) is 18.7. The van der Waals surface area contributed by atoms with Crippen LogP contribution >= 0.6 is 0 Å². The highest BCUT2D eigenvalue weighted by atomic mass is 14.4. The molecule has 0 aromatic heterocycles. The Morgan fingerprint density at radius 2 is 0.600 bits per heavy atom. The molecule has 11 aromatic rings. The summed E-state index contributed by atoms with van der Waals surface area (Å²) in [6.45, 7) is 4.77. The summed E-state index contributed by atoms with van der Waals surface area (Å²) in [6, 6.07) is 94.1. The van der Waals surface area contributed by atoms with E-state index >= 15 is 0 Å². The van der Waals surface area contributed by atoms with Gasteiger partial charge in [-0.3, -0.25) is 0 Å². The van der Waals surface area contributed by atoms with E-state index in [2.05, 4.69) is 269 Å². The highest BCUT2D eigenvalue weighted by Crippen LogP contribution is 2.64. The van der Waals surface area contributed by atoms with Crippen LogP contribution in [0, 0.1) is 13.8 Å².